The van der Waals surface area contributed by atoms with Crippen molar-refractivity contribution < 1.29 is 13.2 Å². The summed E-state index contributed by atoms with van der Waals surface area (Å²) in [6.07, 6.45) is 2.37. The van der Waals surface area contributed by atoms with Crippen molar-refractivity contribution in [3.63, 3.8) is 0 Å². The third kappa shape index (κ3) is 4.61. The molecule has 13 heavy (non-hydrogen) atoms. The Labute approximate surface area is 86.9 Å². The van der Waals surface area contributed by atoms with Gasteiger partial charge in [0, 0.05) is 0 Å². The zero-order valence-corrected chi connectivity index (χ0v) is 9.90. The van der Waals surface area contributed by atoms with E-state index in [0.717, 1.165) is 12.8 Å². The second-order valence-corrected chi connectivity index (χ2v) is 6.52. The molecule has 0 rings (SSSR count). The molecule has 0 aliphatic rings. The summed E-state index contributed by atoms with van der Waals surface area (Å²) in [5.74, 6) is -0.837. The van der Waals surface area contributed by atoms with Crippen LogP contribution in [0.1, 0.15) is 26.2 Å². The van der Waals surface area contributed by atoms with E-state index in [0.29, 0.717) is 6.42 Å². The lowest BCUT2D eigenvalue weighted by Crippen LogP contribution is -2.32. The summed E-state index contributed by atoms with van der Waals surface area (Å²) in [5.41, 5.74) is 4.86. The average molecular weight is 272 g/mol. The standard InChI is InChI=1S/C7H14BrNO3S/c1-2-3-4-5-13(11,12)6(8)7(9)10/h6H,2-5H2,1H3,(H2,9,10). The number of carbonyl (C=O) groups is 1. The molecule has 2 N–H and O–H groups in total. The van der Waals surface area contributed by atoms with Crippen molar-refractivity contribution in [3.05, 3.63) is 0 Å². The van der Waals surface area contributed by atoms with Crippen LogP contribution in [0.3, 0.4) is 0 Å². The van der Waals surface area contributed by atoms with Crippen LogP contribution < -0.4 is 5.73 Å². The van der Waals surface area contributed by atoms with Gasteiger partial charge >= 0.3 is 0 Å². The van der Waals surface area contributed by atoms with Crippen molar-refractivity contribution in [1.29, 1.82) is 0 Å². The molecule has 0 aromatic heterocycles. The van der Waals surface area contributed by atoms with E-state index in [9.17, 15) is 13.2 Å². The summed E-state index contributed by atoms with van der Waals surface area (Å²) >= 11 is 2.75. The SMILES string of the molecule is CCCCCS(=O)(=O)C(Br)C(N)=O. The number of hydrogen-bond acceptors (Lipinski definition) is 3. The van der Waals surface area contributed by atoms with Gasteiger partial charge in [-0.1, -0.05) is 35.7 Å². The molecule has 6 heteroatoms. The van der Waals surface area contributed by atoms with Crippen molar-refractivity contribution in [2.45, 2.75) is 30.3 Å². The Morgan fingerprint density at radius 1 is 1.46 bits per heavy atom. The number of unbranched alkanes of at least 4 members (excludes halogenated alkanes) is 2. The van der Waals surface area contributed by atoms with E-state index in [1.165, 1.54) is 0 Å². The highest BCUT2D eigenvalue weighted by atomic mass is 79.9. The minimum Gasteiger partial charge on any atom is -0.368 e. The summed E-state index contributed by atoms with van der Waals surface area (Å²) in [6.45, 7) is 1.98. The zero-order chi connectivity index (χ0) is 10.5. The highest BCUT2D eigenvalue weighted by Gasteiger charge is 2.26. The van der Waals surface area contributed by atoms with Crippen LogP contribution in [0.2, 0.25) is 0 Å². The van der Waals surface area contributed by atoms with E-state index in [4.69, 9.17) is 5.73 Å². The van der Waals surface area contributed by atoms with Crippen molar-refractivity contribution in [3.8, 4) is 0 Å². The highest BCUT2D eigenvalue weighted by molar-refractivity contribution is 9.11. The molecular weight excluding hydrogens is 258 g/mol. The van der Waals surface area contributed by atoms with Crippen LogP contribution in [0, 0.1) is 0 Å². The van der Waals surface area contributed by atoms with Crippen molar-refractivity contribution in [1.82, 2.24) is 0 Å². The van der Waals surface area contributed by atoms with Gasteiger partial charge < -0.3 is 5.73 Å². The number of rotatable bonds is 6. The molecule has 0 fully saturated rings. The monoisotopic (exact) mass is 271 g/mol. The van der Waals surface area contributed by atoms with Crippen LogP contribution in [0.25, 0.3) is 0 Å². The van der Waals surface area contributed by atoms with Crippen LogP contribution >= 0.6 is 15.9 Å². The molecule has 0 bridgehead atoms. The maximum Gasteiger partial charge on any atom is 0.246 e. The molecule has 1 amide bonds. The number of nitrogens with two attached hydrogens (primary N) is 1. The van der Waals surface area contributed by atoms with E-state index in [1.54, 1.807) is 0 Å². The van der Waals surface area contributed by atoms with Crippen molar-refractivity contribution >= 4 is 31.7 Å². The Hall–Kier alpha value is -0.100. The quantitative estimate of drug-likeness (QED) is 0.574. The van der Waals surface area contributed by atoms with E-state index in [1.807, 2.05) is 6.92 Å². The molecule has 1 atom stereocenters. The molecule has 0 aliphatic carbocycles. The molecule has 0 aromatic carbocycles. The molecule has 0 aromatic rings. The largest absolute Gasteiger partial charge is 0.368 e. The summed E-state index contributed by atoms with van der Waals surface area (Å²) in [4.78, 5) is 10.6. The number of carbonyl (C=O) groups excluding carboxylic acids is 1. The van der Waals surface area contributed by atoms with Gasteiger partial charge in [0.25, 0.3) is 0 Å². The summed E-state index contributed by atoms with van der Waals surface area (Å²) in [5, 5.41) is 0. The van der Waals surface area contributed by atoms with E-state index >= 15 is 0 Å². The van der Waals surface area contributed by atoms with Crippen molar-refractivity contribution in [2.75, 3.05) is 5.75 Å². The highest BCUT2D eigenvalue weighted by Crippen LogP contribution is 2.12. The first-order valence-corrected chi connectivity index (χ1v) is 6.70. The van der Waals surface area contributed by atoms with Crippen LogP contribution in [-0.4, -0.2) is 24.2 Å². The predicted octanol–water partition coefficient (Wildman–Crippen LogP) is 0.798. The van der Waals surface area contributed by atoms with E-state index < -0.39 is 19.9 Å². The lowest BCUT2D eigenvalue weighted by molar-refractivity contribution is -0.116. The first-order chi connectivity index (χ1) is 5.91. The molecule has 0 spiro atoms. The lowest BCUT2D eigenvalue weighted by Gasteiger charge is -2.06. The molecule has 78 valence electrons. The Kier molecular flexibility index (Phi) is 5.55. The topological polar surface area (TPSA) is 77.2 Å². The van der Waals surface area contributed by atoms with Crippen molar-refractivity contribution in [2.24, 2.45) is 5.73 Å². The molecule has 0 aliphatic heterocycles. The third-order valence-electron chi connectivity index (χ3n) is 1.57. The second-order valence-electron chi connectivity index (χ2n) is 2.79. The van der Waals surface area contributed by atoms with Gasteiger partial charge in [0.05, 0.1) is 5.75 Å². The minimum absolute atomic E-state index is 0.0136. The maximum atomic E-state index is 11.3. The smallest absolute Gasteiger partial charge is 0.246 e. The van der Waals surface area contributed by atoms with Gasteiger partial charge in [-0.05, 0) is 6.42 Å². The van der Waals surface area contributed by atoms with Gasteiger partial charge in [-0.2, -0.15) is 0 Å². The number of halogens is 1. The summed E-state index contributed by atoms with van der Waals surface area (Å²) in [6, 6.07) is 0. The zero-order valence-electron chi connectivity index (χ0n) is 7.49. The van der Waals surface area contributed by atoms with E-state index in [-0.39, 0.29) is 5.75 Å². The summed E-state index contributed by atoms with van der Waals surface area (Å²) in [7, 11) is -3.39. The third-order valence-corrected chi connectivity index (χ3v) is 5.45. The molecule has 4 nitrogen and oxygen atoms in total. The second kappa shape index (κ2) is 5.59. The molecule has 0 heterocycles. The molecule has 0 radical (unpaired) electrons. The number of sulfone groups is 1. The average Bonchev–Trinajstić information content (AvgIpc) is 2.03. The normalized spacial score (nSPS) is 14.0. The number of primary amides is 1. The van der Waals surface area contributed by atoms with Gasteiger partial charge in [0.15, 0.2) is 14.0 Å². The van der Waals surface area contributed by atoms with Crippen LogP contribution in [0.15, 0.2) is 0 Å². The van der Waals surface area contributed by atoms with Crippen LogP contribution in [-0.2, 0) is 14.6 Å². The van der Waals surface area contributed by atoms with Gasteiger partial charge in [-0.3, -0.25) is 4.79 Å². The lowest BCUT2D eigenvalue weighted by atomic mass is 10.3. The van der Waals surface area contributed by atoms with Crippen LogP contribution in [0.5, 0.6) is 0 Å². The fourth-order valence-corrected chi connectivity index (χ4v) is 2.56. The Morgan fingerprint density at radius 2 is 2.00 bits per heavy atom. The number of hydrogen-bond donors (Lipinski definition) is 1. The van der Waals surface area contributed by atoms with Gasteiger partial charge in [-0.15, -0.1) is 0 Å². The first kappa shape index (κ1) is 12.9. The van der Waals surface area contributed by atoms with E-state index in [2.05, 4.69) is 15.9 Å². The fraction of sp³-hybridized carbons (Fsp3) is 0.857. The minimum atomic E-state index is -3.39. The molecular formula is C7H14BrNO3S. The van der Waals surface area contributed by atoms with Gasteiger partial charge in [0.2, 0.25) is 5.91 Å². The molecule has 1 unspecified atom stereocenters. The Bertz CT molecular complexity index is 263. The Morgan fingerprint density at radius 3 is 2.38 bits per heavy atom. The van der Waals surface area contributed by atoms with Gasteiger partial charge in [-0.25, -0.2) is 8.42 Å². The van der Waals surface area contributed by atoms with Crippen LogP contribution in [0.4, 0.5) is 0 Å². The molecule has 0 saturated heterocycles. The predicted molar refractivity (Wildman–Crippen MR) is 55.2 cm³/mol. The maximum absolute atomic E-state index is 11.3. The van der Waals surface area contributed by atoms with Gasteiger partial charge in [0.1, 0.15) is 0 Å². The Balaban J connectivity index is 4.16. The summed E-state index contributed by atoms with van der Waals surface area (Å²) < 4.78 is 21.4. The fourth-order valence-electron chi connectivity index (χ4n) is 0.834. The first-order valence-electron chi connectivity index (χ1n) is 4.06. The number of amides is 1. The molecule has 0 saturated carbocycles. The number of alkyl halides is 1.